The van der Waals surface area contributed by atoms with Crippen LogP contribution in [-0.2, 0) is 0 Å². The van der Waals surface area contributed by atoms with Crippen molar-refractivity contribution in [2.75, 3.05) is 13.1 Å². The van der Waals surface area contributed by atoms with Gasteiger partial charge in [0.15, 0.2) is 0 Å². The van der Waals surface area contributed by atoms with Crippen molar-refractivity contribution in [1.82, 2.24) is 4.90 Å². The summed E-state index contributed by atoms with van der Waals surface area (Å²) in [5, 5.41) is 0. The molecule has 1 rings (SSSR count). The fourth-order valence-corrected chi connectivity index (χ4v) is 1.47. The van der Waals surface area contributed by atoms with Crippen LogP contribution in [0, 0.1) is 5.92 Å². The maximum Gasteiger partial charge on any atom is 0.0172 e. The van der Waals surface area contributed by atoms with Crippen LogP contribution < -0.4 is 0 Å². The van der Waals surface area contributed by atoms with E-state index < -0.39 is 0 Å². The van der Waals surface area contributed by atoms with Gasteiger partial charge < -0.3 is 4.90 Å². The molecule has 0 spiro atoms. The number of hydrogen-bond donors (Lipinski definition) is 0. The van der Waals surface area contributed by atoms with Crippen LogP contribution >= 0.6 is 0 Å². The van der Waals surface area contributed by atoms with E-state index in [0.29, 0.717) is 0 Å². The molecular formula is C11H21N. The summed E-state index contributed by atoms with van der Waals surface area (Å²) < 4.78 is 0. The molecule has 0 radical (unpaired) electrons. The Labute approximate surface area is 76.5 Å². The van der Waals surface area contributed by atoms with Crippen LogP contribution in [0.4, 0.5) is 0 Å². The number of rotatable bonds is 3. The normalized spacial score (nSPS) is 21.7. The van der Waals surface area contributed by atoms with E-state index in [9.17, 15) is 0 Å². The molecule has 0 aliphatic carbocycles. The lowest BCUT2D eigenvalue weighted by Crippen LogP contribution is -2.24. The molecule has 1 aliphatic heterocycles. The average Bonchev–Trinajstić information content (AvgIpc) is 2.16. The molecule has 1 heterocycles. The minimum Gasteiger partial charge on any atom is -0.378 e. The van der Waals surface area contributed by atoms with Crippen LogP contribution in [0.5, 0.6) is 0 Å². The van der Waals surface area contributed by atoms with Gasteiger partial charge in [-0.05, 0) is 31.4 Å². The first-order valence-electron chi connectivity index (χ1n) is 5.25. The predicted molar refractivity (Wildman–Crippen MR) is 54.0 cm³/mol. The van der Waals surface area contributed by atoms with Crippen molar-refractivity contribution in [3.63, 3.8) is 0 Å². The van der Waals surface area contributed by atoms with Crippen LogP contribution in [0.2, 0.25) is 0 Å². The van der Waals surface area contributed by atoms with Gasteiger partial charge >= 0.3 is 0 Å². The van der Waals surface area contributed by atoms with Gasteiger partial charge in [-0.15, -0.1) is 0 Å². The van der Waals surface area contributed by atoms with Crippen molar-refractivity contribution >= 4 is 0 Å². The third-order valence-electron chi connectivity index (χ3n) is 2.66. The van der Waals surface area contributed by atoms with E-state index in [1.54, 1.807) is 0 Å². The first kappa shape index (κ1) is 9.63. The van der Waals surface area contributed by atoms with Crippen molar-refractivity contribution in [2.45, 2.75) is 39.5 Å². The molecular weight excluding hydrogens is 146 g/mol. The standard InChI is InChI=1S/C11H21N/c1-3-11(2)7-10-12-8-5-4-6-9-12/h7,10-11H,3-6,8-9H2,1-2H3/t11-/m0/s1. The molecule has 70 valence electrons. The Morgan fingerprint density at radius 2 is 1.92 bits per heavy atom. The summed E-state index contributed by atoms with van der Waals surface area (Å²) in [6.45, 7) is 7.06. The molecule has 0 bridgehead atoms. The molecule has 1 fully saturated rings. The van der Waals surface area contributed by atoms with Crippen molar-refractivity contribution in [1.29, 1.82) is 0 Å². The maximum atomic E-state index is 2.45. The molecule has 12 heavy (non-hydrogen) atoms. The highest BCUT2D eigenvalue weighted by Crippen LogP contribution is 2.10. The molecule has 0 N–H and O–H groups in total. The topological polar surface area (TPSA) is 3.24 Å². The predicted octanol–water partition coefficient (Wildman–Crippen LogP) is 3.03. The molecule has 1 aliphatic rings. The molecule has 0 saturated carbocycles. The number of hydrogen-bond acceptors (Lipinski definition) is 1. The van der Waals surface area contributed by atoms with Gasteiger partial charge in [0, 0.05) is 13.1 Å². The second-order valence-electron chi connectivity index (χ2n) is 3.82. The summed E-state index contributed by atoms with van der Waals surface area (Å²) in [7, 11) is 0. The third kappa shape index (κ3) is 3.29. The Morgan fingerprint density at radius 1 is 1.25 bits per heavy atom. The van der Waals surface area contributed by atoms with Crippen LogP contribution in [-0.4, -0.2) is 18.0 Å². The highest BCUT2D eigenvalue weighted by Gasteiger charge is 2.04. The van der Waals surface area contributed by atoms with Crippen LogP contribution in [0.3, 0.4) is 0 Å². The highest BCUT2D eigenvalue weighted by atomic mass is 15.1. The molecule has 1 nitrogen and oxygen atoms in total. The quantitative estimate of drug-likeness (QED) is 0.624. The number of piperidine rings is 1. The SMILES string of the molecule is CC[C@H](C)C=CN1CCCCC1. The number of nitrogens with zero attached hydrogens (tertiary/aromatic N) is 1. The Bertz CT molecular complexity index is 134. The van der Waals surface area contributed by atoms with Crippen LogP contribution in [0.25, 0.3) is 0 Å². The van der Waals surface area contributed by atoms with Gasteiger partial charge in [0.2, 0.25) is 0 Å². The first-order valence-corrected chi connectivity index (χ1v) is 5.25. The molecule has 0 aromatic rings. The highest BCUT2D eigenvalue weighted by molar-refractivity contribution is 4.87. The molecule has 1 saturated heterocycles. The Morgan fingerprint density at radius 3 is 2.50 bits per heavy atom. The van der Waals surface area contributed by atoms with E-state index in [2.05, 4.69) is 31.0 Å². The largest absolute Gasteiger partial charge is 0.378 e. The van der Waals surface area contributed by atoms with E-state index in [1.807, 2.05) is 0 Å². The van der Waals surface area contributed by atoms with Crippen LogP contribution in [0.1, 0.15) is 39.5 Å². The second-order valence-corrected chi connectivity index (χ2v) is 3.82. The van der Waals surface area contributed by atoms with E-state index in [1.165, 1.54) is 38.8 Å². The van der Waals surface area contributed by atoms with Gasteiger partial charge in [-0.3, -0.25) is 0 Å². The van der Waals surface area contributed by atoms with Crippen LogP contribution in [0.15, 0.2) is 12.3 Å². The summed E-state index contributed by atoms with van der Waals surface area (Å²) >= 11 is 0. The fraction of sp³-hybridized carbons (Fsp3) is 0.818. The summed E-state index contributed by atoms with van der Waals surface area (Å²) in [5.74, 6) is 0.743. The molecule has 0 aromatic heterocycles. The minimum absolute atomic E-state index is 0.743. The smallest absolute Gasteiger partial charge is 0.0172 e. The van der Waals surface area contributed by atoms with Gasteiger partial charge in [-0.2, -0.15) is 0 Å². The van der Waals surface area contributed by atoms with Gasteiger partial charge in [-0.1, -0.05) is 26.3 Å². The lowest BCUT2D eigenvalue weighted by atomic mass is 10.1. The zero-order valence-electron chi connectivity index (χ0n) is 8.42. The first-order chi connectivity index (χ1) is 5.83. The monoisotopic (exact) mass is 167 g/mol. The molecule has 1 atom stereocenters. The zero-order chi connectivity index (χ0) is 8.81. The van der Waals surface area contributed by atoms with Crippen molar-refractivity contribution in [3.8, 4) is 0 Å². The van der Waals surface area contributed by atoms with E-state index in [4.69, 9.17) is 0 Å². The summed E-state index contributed by atoms with van der Waals surface area (Å²) in [5.41, 5.74) is 0. The fourth-order valence-electron chi connectivity index (χ4n) is 1.47. The summed E-state index contributed by atoms with van der Waals surface area (Å²) in [4.78, 5) is 2.45. The molecule has 0 unspecified atom stereocenters. The third-order valence-corrected chi connectivity index (χ3v) is 2.66. The zero-order valence-corrected chi connectivity index (χ0v) is 8.42. The van der Waals surface area contributed by atoms with Gasteiger partial charge in [0.1, 0.15) is 0 Å². The van der Waals surface area contributed by atoms with Crippen molar-refractivity contribution < 1.29 is 0 Å². The number of allylic oxidation sites excluding steroid dienone is 1. The Hall–Kier alpha value is -0.460. The second kappa shape index (κ2) is 5.23. The maximum absolute atomic E-state index is 2.45. The van der Waals surface area contributed by atoms with Crippen molar-refractivity contribution in [3.05, 3.63) is 12.3 Å². The minimum atomic E-state index is 0.743. The number of likely N-dealkylation sites (tertiary alicyclic amines) is 1. The molecule has 1 heteroatoms. The lowest BCUT2D eigenvalue weighted by Gasteiger charge is -2.25. The average molecular weight is 167 g/mol. The Kier molecular flexibility index (Phi) is 4.20. The Balaban J connectivity index is 2.23. The van der Waals surface area contributed by atoms with E-state index >= 15 is 0 Å². The van der Waals surface area contributed by atoms with E-state index in [-0.39, 0.29) is 0 Å². The molecule has 0 amide bonds. The van der Waals surface area contributed by atoms with Crippen molar-refractivity contribution in [2.24, 2.45) is 5.92 Å². The van der Waals surface area contributed by atoms with E-state index in [0.717, 1.165) is 5.92 Å². The summed E-state index contributed by atoms with van der Waals surface area (Å²) in [6.07, 6.45) is 10.1. The summed E-state index contributed by atoms with van der Waals surface area (Å²) in [6, 6.07) is 0. The lowest BCUT2D eigenvalue weighted by molar-refractivity contribution is 0.307. The molecule has 0 aromatic carbocycles. The van der Waals surface area contributed by atoms with Gasteiger partial charge in [0.25, 0.3) is 0 Å². The van der Waals surface area contributed by atoms with Gasteiger partial charge in [-0.25, -0.2) is 0 Å². The van der Waals surface area contributed by atoms with Gasteiger partial charge in [0.05, 0.1) is 0 Å².